The zero-order chi connectivity index (χ0) is 26.8. The van der Waals surface area contributed by atoms with Crippen molar-refractivity contribution in [1.82, 2.24) is 0 Å². The fourth-order valence-electron chi connectivity index (χ4n) is 4.84. The number of anilines is 1. The molecule has 2 aromatic rings. The van der Waals surface area contributed by atoms with Crippen molar-refractivity contribution in [2.24, 2.45) is 5.41 Å². The van der Waals surface area contributed by atoms with E-state index in [0.717, 1.165) is 33.5 Å². The zero-order valence-corrected chi connectivity index (χ0v) is 22.6. The molecule has 3 rings (SSSR count). The molecule has 0 saturated heterocycles. The van der Waals surface area contributed by atoms with Crippen molar-refractivity contribution in [1.29, 1.82) is 0 Å². The van der Waals surface area contributed by atoms with Crippen molar-refractivity contribution in [3.05, 3.63) is 67.8 Å². The third kappa shape index (κ3) is 6.16. The second-order valence-electron chi connectivity index (χ2n) is 11.0. The van der Waals surface area contributed by atoms with Crippen LogP contribution in [0, 0.1) is 29.4 Å². The van der Waals surface area contributed by atoms with Gasteiger partial charge in [-0.25, -0.2) is 0 Å². The van der Waals surface area contributed by atoms with Gasteiger partial charge in [0.15, 0.2) is 6.79 Å². The molecule has 196 valence electrons. The van der Waals surface area contributed by atoms with Gasteiger partial charge in [0.05, 0.1) is 12.7 Å². The fraction of sp³-hybridized carbons (Fsp3) is 0.536. The highest BCUT2D eigenvalue weighted by atomic mass is 17.0. The summed E-state index contributed by atoms with van der Waals surface area (Å²) >= 11 is 0. The van der Waals surface area contributed by atoms with E-state index >= 15 is 0 Å². The number of fused-ring (bicyclic) bond motifs is 1. The second kappa shape index (κ2) is 10.9. The molecule has 2 aromatic carbocycles. The van der Waals surface area contributed by atoms with E-state index in [9.17, 15) is 14.9 Å². The highest BCUT2D eigenvalue weighted by Crippen LogP contribution is 2.49. The van der Waals surface area contributed by atoms with Crippen LogP contribution < -0.4 is 10.1 Å². The molecule has 0 fully saturated rings. The van der Waals surface area contributed by atoms with Crippen LogP contribution in [0.5, 0.6) is 5.75 Å². The van der Waals surface area contributed by atoms with Crippen molar-refractivity contribution in [2.75, 3.05) is 18.7 Å². The molecule has 0 bridgehead atoms. The van der Waals surface area contributed by atoms with E-state index < -0.39 is 18.0 Å². The van der Waals surface area contributed by atoms with Crippen molar-refractivity contribution >= 4 is 11.6 Å². The van der Waals surface area contributed by atoms with Crippen molar-refractivity contribution in [3.8, 4) is 5.75 Å². The minimum atomic E-state index is -0.884. The third-order valence-corrected chi connectivity index (χ3v) is 6.63. The fourth-order valence-corrected chi connectivity index (χ4v) is 4.84. The first-order chi connectivity index (χ1) is 16.8. The van der Waals surface area contributed by atoms with Crippen LogP contribution in [-0.2, 0) is 14.4 Å². The number of hydrogen-bond donors (Lipinski definition) is 1. The summed E-state index contributed by atoms with van der Waals surface area (Å²) in [6, 6.07) is 8.57. The maximum atomic E-state index is 12.9. The number of carbonyl (C=O) groups is 1. The van der Waals surface area contributed by atoms with Gasteiger partial charge in [0.2, 0.25) is 5.91 Å². The SMILES string of the molecule is Cc1c(NC(=O)CC(C)(C)C)c(C)c([C@@H](C)OCO[N+](=O)[O-])c2c1[C@@H](c1ccc(C(C)C)cc1)CO2. The lowest BCUT2D eigenvalue weighted by Crippen LogP contribution is -2.21. The Balaban J connectivity index is 2.08. The minimum absolute atomic E-state index is 0.0129. The Hall–Kier alpha value is -3.13. The van der Waals surface area contributed by atoms with Gasteiger partial charge in [-0.3, -0.25) is 9.63 Å². The topological polar surface area (TPSA) is 99.9 Å². The standard InChI is InChI=1S/C28H38N2O6/c1-16(2)20-9-11-21(12-10-20)22-14-34-27-24(19(5)35-15-36-30(32)33)17(3)26(18(4)25(22)27)29-23(31)13-28(6,7)8/h9-12,16,19,22H,13-15H2,1-8H3,(H,29,31)/t19-,22-/m1/s1. The Bertz CT molecular complexity index is 1120. The molecular weight excluding hydrogens is 460 g/mol. The Labute approximate surface area is 213 Å². The number of carbonyl (C=O) groups excluding carboxylic acids is 1. The van der Waals surface area contributed by atoms with Crippen LogP contribution in [-0.4, -0.2) is 24.4 Å². The van der Waals surface area contributed by atoms with E-state index in [1.54, 1.807) is 6.92 Å². The quantitative estimate of drug-likeness (QED) is 0.238. The molecule has 8 heteroatoms. The van der Waals surface area contributed by atoms with Gasteiger partial charge in [-0.05, 0) is 54.4 Å². The predicted octanol–water partition coefficient (Wildman–Crippen LogP) is 6.57. The van der Waals surface area contributed by atoms with Gasteiger partial charge in [0, 0.05) is 29.2 Å². The lowest BCUT2D eigenvalue weighted by molar-refractivity contribution is -0.767. The van der Waals surface area contributed by atoms with Gasteiger partial charge in [0.1, 0.15) is 5.75 Å². The van der Waals surface area contributed by atoms with Gasteiger partial charge in [-0.1, -0.05) is 58.9 Å². The zero-order valence-electron chi connectivity index (χ0n) is 22.6. The minimum Gasteiger partial charge on any atom is -0.492 e. The monoisotopic (exact) mass is 498 g/mol. The summed E-state index contributed by atoms with van der Waals surface area (Å²) in [7, 11) is 0. The molecule has 0 aromatic heterocycles. The van der Waals surface area contributed by atoms with Crippen LogP contribution in [0.15, 0.2) is 24.3 Å². The van der Waals surface area contributed by atoms with Gasteiger partial charge in [0.25, 0.3) is 5.09 Å². The molecule has 1 aliphatic rings. The molecule has 1 amide bonds. The maximum Gasteiger partial charge on any atom is 0.296 e. The molecule has 2 atom stereocenters. The number of hydrogen-bond acceptors (Lipinski definition) is 6. The summed E-state index contributed by atoms with van der Waals surface area (Å²) in [6.45, 7) is 16.1. The number of ether oxygens (including phenoxy) is 2. The van der Waals surface area contributed by atoms with Crippen LogP contribution in [0.4, 0.5) is 5.69 Å². The molecule has 0 unspecified atom stereocenters. The first-order valence-corrected chi connectivity index (χ1v) is 12.4. The molecule has 36 heavy (non-hydrogen) atoms. The normalized spacial score (nSPS) is 15.9. The van der Waals surface area contributed by atoms with Gasteiger partial charge in [-0.15, -0.1) is 10.1 Å². The molecule has 1 heterocycles. The molecule has 1 aliphatic heterocycles. The summed E-state index contributed by atoms with van der Waals surface area (Å²) in [5, 5.41) is 12.9. The van der Waals surface area contributed by atoms with Crippen LogP contribution in [0.3, 0.4) is 0 Å². The number of benzene rings is 2. The summed E-state index contributed by atoms with van der Waals surface area (Å²) in [5.74, 6) is 1.07. The molecule has 0 aliphatic carbocycles. The van der Waals surface area contributed by atoms with Gasteiger partial charge in [-0.2, -0.15) is 0 Å². The molecule has 0 spiro atoms. The largest absolute Gasteiger partial charge is 0.492 e. The molecule has 1 N–H and O–H groups in total. The van der Waals surface area contributed by atoms with Crippen molar-refractivity contribution in [2.45, 2.75) is 79.8 Å². The third-order valence-electron chi connectivity index (χ3n) is 6.63. The number of amides is 1. The molecule has 0 saturated carbocycles. The van der Waals surface area contributed by atoms with E-state index in [0.29, 0.717) is 24.7 Å². The lowest BCUT2D eigenvalue weighted by atomic mass is 9.84. The van der Waals surface area contributed by atoms with Gasteiger partial charge >= 0.3 is 0 Å². The van der Waals surface area contributed by atoms with Crippen LogP contribution in [0.25, 0.3) is 0 Å². The average molecular weight is 499 g/mol. The van der Waals surface area contributed by atoms with Crippen molar-refractivity contribution < 1.29 is 24.2 Å². The van der Waals surface area contributed by atoms with Gasteiger partial charge < -0.3 is 14.8 Å². The predicted molar refractivity (Wildman–Crippen MR) is 139 cm³/mol. The maximum absolute atomic E-state index is 12.9. The second-order valence-corrected chi connectivity index (χ2v) is 11.0. The number of rotatable bonds is 9. The van der Waals surface area contributed by atoms with E-state index in [2.05, 4.69) is 48.3 Å². The summed E-state index contributed by atoms with van der Waals surface area (Å²) < 4.78 is 11.9. The molecule has 0 radical (unpaired) electrons. The Morgan fingerprint density at radius 3 is 2.36 bits per heavy atom. The molecular formula is C28H38N2O6. The first-order valence-electron chi connectivity index (χ1n) is 12.4. The lowest BCUT2D eigenvalue weighted by Gasteiger charge is -2.25. The van der Waals surface area contributed by atoms with Crippen LogP contribution in [0.1, 0.15) is 99.3 Å². The summed E-state index contributed by atoms with van der Waals surface area (Å²) in [6.07, 6.45) is -0.183. The summed E-state index contributed by atoms with van der Waals surface area (Å²) in [5.41, 5.74) is 6.51. The first kappa shape index (κ1) is 27.5. The Kier molecular flexibility index (Phi) is 8.29. The number of nitrogens with zero attached hydrogens (tertiary/aromatic N) is 1. The molecule has 8 nitrogen and oxygen atoms in total. The van der Waals surface area contributed by atoms with E-state index in [-0.39, 0.29) is 17.2 Å². The average Bonchev–Trinajstić information content (AvgIpc) is 3.20. The number of nitrogens with one attached hydrogen (secondary N) is 1. The van der Waals surface area contributed by atoms with E-state index in [1.165, 1.54) is 5.56 Å². The highest BCUT2D eigenvalue weighted by molar-refractivity contribution is 5.94. The smallest absolute Gasteiger partial charge is 0.296 e. The summed E-state index contributed by atoms with van der Waals surface area (Å²) in [4.78, 5) is 27.9. The van der Waals surface area contributed by atoms with E-state index in [4.69, 9.17) is 9.47 Å². The van der Waals surface area contributed by atoms with Crippen LogP contribution in [0.2, 0.25) is 0 Å². The van der Waals surface area contributed by atoms with Crippen molar-refractivity contribution in [3.63, 3.8) is 0 Å². The Morgan fingerprint density at radius 1 is 1.17 bits per heavy atom. The van der Waals surface area contributed by atoms with Crippen LogP contribution >= 0.6 is 0 Å². The highest BCUT2D eigenvalue weighted by Gasteiger charge is 2.35. The van der Waals surface area contributed by atoms with E-state index in [1.807, 2.05) is 34.6 Å². The Morgan fingerprint density at radius 2 is 1.81 bits per heavy atom.